The fourth-order valence-corrected chi connectivity index (χ4v) is 7.83. The van der Waals surface area contributed by atoms with E-state index in [4.69, 9.17) is 9.47 Å². The summed E-state index contributed by atoms with van der Waals surface area (Å²) in [5.41, 5.74) is 3.97. The molecule has 0 spiro atoms. The summed E-state index contributed by atoms with van der Waals surface area (Å²) in [6.07, 6.45) is 3.61. The number of fused-ring (bicyclic) bond motifs is 3. The van der Waals surface area contributed by atoms with E-state index in [9.17, 15) is 24.3 Å². The van der Waals surface area contributed by atoms with Crippen LogP contribution in [0.15, 0.2) is 100 Å². The molecule has 7 rings (SSSR count). The number of carbonyl (C=O) groups excluding carboxylic acids is 4. The van der Waals surface area contributed by atoms with Crippen LogP contribution in [0.1, 0.15) is 24.3 Å². The summed E-state index contributed by atoms with van der Waals surface area (Å²) in [5.74, 6) is -3.58. The van der Waals surface area contributed by atoms with Gasteiger partial charge in [-0.15, -0.1) is 0 Å². The number of benzene rings is 3. The monoisotopic (exact) mass is 680 g/mol. The number of para-hydroxylation sites is 1. The lowest BCUT2D eigenvalue weighted by Crippen LogP contribution is -2.39. The molecule has 0 unspecified atom stereocenters. The minimum absolute atomic E-state index is 0.0948. The SMILES string of the molecule is COc1cc(O)cc(OC)c1[C@H]1C2=CC[C@@H]3C(=O)N(c4ccc(Nc5ccccc5)cc4)C(=O)[C@@H]3[C@@H]2CC2=C1C(=O)C=C(Br)C2=O. The Balaban J connectivity index is 1.29. The number of halogens is 1. The van der Waals surface area contributed by atoms with Crippen molar-refractivity contribution in [3.05, 3.63) is 106 Å². The number of Topliss-reactive ketones (excluding diaryl/α,β-unsaturated/α-hetero) is 1. The van der Waals surface area contributed by atoms with Crippen molar-refractivity contribution in [1.82, 2.24) is 0 Å². The Morgan fingerprint density at radius 1 is 0.870 bits per heavy atom. The van der Waals surface area contributed by atoms with E-state index < -0.39 is 23.7 Å². The normalized spacial score (nSPS) is 23.8. The zero-order chi connectivity index (χ0) is 32.3. The number of ketones is 2. The van der Waals surface area contributed by atoms with Crippen molar-refractivity contribution in [3.8, 4) is 17.2 Å². The largest absolute Gasteiger partial charge is 0.508 e. The molecule has 0 aromatic heterocycles. The summed E-state index contributed by atoms with van der Waals surface area (Å²) in [4.78, 5) is 56.6. The molecule has 4 aliphatic rings. The Morgan fingerprint density at radius 3 is 2.17 bits per heavy atom. The Kier molecular flexibility index (Phi) is 7.39. The summed E-state index contributed by atoms with van der Waals surface area (Å²) in [5, 5.41) is 13.7. The number of hydrogen-bond acceptors (Lipinski definition) is 8. The maximum atomic E-state index is 14.3. The van der Waals surface area contributed by atoms with Gasteiger partial charge in [-0.25, -0.2) is 0 Å². The minimum atomic E-state index is -0.797. The Bertz CT molecular complexity index is 1890. The van der Waals surface area contributed by atoms with E-state index in [0.717, 1.165) is 16.9 Å². The third-order valence-corrected chi connectivity index (χ3v) is 9.93. The van der Waals surface area contributed by atoms with Gasteiger partial charge in [-0.3, -0.25) is 24.1 Å². The lowest BCUT2D eigenvalue weighted by molar-refractivity contribution is -0.123. The van der Waals surface area contributed by atoms with E-state index in [1.807, 2.05) is 48.5 Å². The lowest BCUT2D eigenvalue weighted by atomic mass is 9.59. The zero-order valence-corrected chi connectivity index (χ0v) is 26.5. The first-order chi connectivity index (χ1) is 22.2. The predicted octanol–water partition coefficient (Wildman–Crippen LogP) is 6.12. The molecule has 1 fully saturated rings. The van der Waals surface area contributed by atoms with Gasteiger partial charge in [0.2, 0.25) is 11.8 Å². The molecule has 0 radical (unpaired) electrons. The Hall–Kier alpha value is -4.96. The maximum Gasteiger partial charge on any atom is 0.238 e. The van der Waals surface area contributed by atoms with Crippen LogP contribution < -0.4 is 19.7 Å². The third-order valence-electron chi connectivity index (χ3n) is 9.34. The van der Waals surface area contributed by atoms with E-state index >= 15 is 0 Å². The number of phenols is 1. The van der Waals surface area contributed by atoms with Crippen LogP contribution >= 0.6 is 15.9 Å². The number of hydrogen-bond donors (Lipinski definition) is 2. The van der Waals surface area contributed by atoms with Crippen LogP contribution in [-0.4, -0.2) is 42.7 Å². The number of amides is 2. The highest BCUT2D eigenvalue weighted by Gasteiger charge is 2.57. The molecular weight excluding hydrogens is 652 g/mol. The molecule has 46 heavy (non-hydrogen) atoms. The number of imide groups is 1. The van der Waals surface area contributed by atoms with Gasteiger partial charge in [0, 0.05) is 52.2 Å². The van der Waals surface area contributed by atoms with E-state index in [1.165, 1.54) is 37.3 Å². The molecule has 0 saturated carbocycles. The molecule has 1 saturated heterocycles. The van der Waals surface area contributed by atoms with Crippen LogP contribution in [0.4, 0.5) is 17.1 Å². The number of nitrogens with zero attached hydrogens (tertiary/aromatic N) is 1. The number of carbonyl (C=O) groups is 4. The van der Waals surface area contributed by atoms with E-state index in [1.54, 1.807) is 12.1 Å². The van der Waals surface area contributed by atoms with Crippen molar-refractivity contribution in [2.75, 3.05) is 24.4 Å². The second-order valence-corrected chi connectivity index (χ2v) is 12.6. The molecule has 4 atom stereocenters. The Labute approximate surface area is 273 Å². The fourth-order valence-electron chi connectivity index (χ4n) is 7.38. The molecule has 2 N–H and O–H groups in total. The van der Waals surface area contributed by atoms with Gasteiger partial charge in [0.05, 0.1) is 36.2 Å². The molecule has 3 aromatic rings. The fraction of sp³-hybridized carbons (Fsp3) is 0.222. The van der Waals surface area contributed by atoms with Crippen LogP contribution in [0.2, 0.25) is 0 Å². The molecule has 1 aliphatic heterocycles. The molecule has 2 amide bonds. The zero-order valence-electron chi connectivity index (χ0n) is 25.0. The predicted molar refractivity (Wildman–Crippen MR) is 174 cm³/mol. The highest BCUT2D eigenvalue weighted by Crippen LogP contribution is 2.58. The van der Waals surface area contributed by atoms with Crippen LogP contribution in [0.3, 0.4) is 0 Å². The minimum Gasteiger partial charge on any atom is -0.508 e. The second-order valence-electron chi connectivity index (χ2n) is 11.7. The second kappa shape index (κ2) is 11.4. The van der Waals surface area contributed by atoms with Gasteiger partial charge >= 0.3 is 0 Å². The van der Waals surface area contributed by atoms with Crippen molar-refractivity contribution in [2.24, 2.45) is 17.8 Å². The number of aromatic hydroxyl groups is 1. The first kappa shape index (κ1) is 29.7. The molecule has 0 bridgehead atoms. The quantitative estimate of drug-likeness (QED) is 0.181. The summed E-state index contributed by atoms with van der Waals surface area (Å²) >= 11 is 3.26. The average Bonchev–Trinajstić information content (AvgIpc) is 3.32. The van der Waals surface area contributed by atoms with E-state index in [-0.39, 0.29) is 63.5 Å². The molecule has 9 nitrogen and oxygen atoms in total. The number of rotatable bonds is 6. The van der Waals surface area contributed by atoms with Gasteiger partial charge in [-0.05, 0) is 71.1 Å². The molecule has 3 aliphatic carbocycles. The first-order valence-corrected chi connectivity index (χ1v) is 15.6. The van der Waals surface area contributed by atoms with Crippen molar-refractivity contribution >= 4 is 56.4 Å². The van der Waals surface area contributed by atoms with Crippen LogP contribution in [-0.2, 0) is 19.2 Å². The van der Waals surface area contributed by atoms with Crippen LogP contribution in [0.25, 0.3) is 0 Å². The van der Waals surface area contributed by atoms with Gasteiger partial charge in [-0.1, -0.05) is 29.8 Å². The van der Waals surface area contributed by atoms with Crippen molar-refractivity contribution < 1.29 is 33.8 Å². The van der Waals surface area contributed by atoms with Gasteiger partial charge in [0.1, 0.15) is 17.2 Å². The van der Waals surface area contributed by atoms with Gasteiger partial charge in [0.15, 0.2) is 11.6 Å². The number of allylic oxidation sites excluding steroid dienone is 6. The first-order valence-electron chi connectivity index (χ1n) is 14.9. The smallest absolute Gasteiger partial charge is 0.238 e. The molecule has 10 heteroatoms. The average molecular weight is 682 g/mol. The van der Waals surface area contributed by atoms with Crippen molar-refractivity contribution in [1.29, 1.82) is 0 Å². The van der Waals surface area contributed by atoms with Gasteiger partial charge in [0.25, 0.3) is 0 Å². The van der Waals surface area contributed by atoms with E-state index in [2.05, 4.69) is 21.2 Å². The van der Waals surface area contributed by atoms with E-state index in [0.29, 0.717) is 16.8 Å². The van der Waals surface area contributed by atoms with Crippen molar-refractivity contribution in [3.63, 3.8) is 0 Å². The molecule has 232 valence electrons. The number of anilines is 3. The van der Waals surface area contributed by atoms with Crippen LogP contribution in [0.5, 0.6) is 17.2 Å². The number of nitrogens with one attached hydrogen (secondary N) is 1. The standard InChI is InChI=1S/C36H29BrN2O7/c1-45-28-14-21(40)15-29(46-2)33(28)32-22-12-13-23-30(24(22)16-25-31(32)27(41)17-26(37)34(25)42)36(44)39(35(23)43)20-10-8-19(9-11-20)38-18-6-4-3-5-7-18/h3-12,14-15,17,23-24,30,32,38,40H,13,16H2,1-2H3/t23-,24+,30-,32-/m0/s1. The number of methoxy groups -OCH3 is 2. The Morgan fingerprint density at radius 2 is 1.52 bits per heavy atom. The summed E-state index contributed by atoms with van der Waals surface area (Å²) in [6.45, 7) is 0. The van der Waals surface area contributed by atoms with Crippen molar-refractivity contribution in [2.45, 2.75) is 18.8 Å². The molecule has 3 aromatic carbocycles. The number of ether oxygens (including phenoxy) is 2. The highest BCUT2D eigenvalue weighted by atomic mass is 79.9. The van der Waals surface area contributed by atoms with Crippen LogP contribution in [0, 0.1) is 17.8 Å². The third kappa shape index (κ3) is 4.67. The maximum absolute atomic E-state index is 14.3. The summed E-state index contributed by atoms with van der Waals surface area (Å²) in [7, 11) is 2.89. The molecule has 1 heterocycles. The summed E-state index contributed by atoms with van der Waals surface area (Å²) < 4.78 is 11.5. The molecular formula is C36H29BrN2O7. The lowest BCUT2D eigenvalue weighted by Gasteiger charge is -2.42. The topological polar surface area (TPSA) is 122 Å². The number of phenolic OH excluding ortho intramolecular Hbond substituents is 1. The van der Waals surface area contributed by atoms with Gasteiger partial charge in [-0.2, -0.15) is 0 Å². The van der Waals surface area contributed by atoms with Gasteiger partial charge < -0.3 is 19.9 Å². The highest BCUT2D eigenvalue weighted by molar-refractivity contribution is 9.12. The summed E-state index contributed by atoms with van der Waals surface area (Å²) in [6, 6.07) is 19.7.